The number of hydrogen-bond acceptors (Lipinski definition) is 8. The first-order chi connectivity index (χ1) is 30.5. The molecule has 0 heterocycles. The van der Waals surface area contributed by atoms with Gasteiger partial charge in [-0.3, -0.25) is 22.9 Å². The number of rotatable bonds is 19. The zero-order chi connectivity index (χ0) is 46.2. The fourth-order valence-electron chi connectivity index (χ4n) is 11.5. The number of ketones is 1. The van der Waals surface area contributed by atoms with E-state index in [9.17, 15) is 0 Å². The van der Waals surface area contributed by atoms with Crippen LogP contribution in [0.15, 0.2) is 42.5 Å². The smallest absolute Gasteiger partial charge is 0.397 e. The number of benzene rings is 2. The molecule has 64 heavy (non-hydrogen) atoms. The number of methoxy groups -OCH3 is 1. The molecular weight excluding hydrogens is 839 g/mol. The third-order valence-electron chi connectivity index (χ3n) is 15.6. The van der Waals surface area contributed by atoms with Crippen LogP contribution in [0.4, 0.5) is 0 Å². The van der Waals surface area contributed by atoms with Crippen LogP contribution < -0.4 is 13.8 Å². The summed E-state index contributed by atoms with van der Waals surface area (Å²) >= 11 is 0. The SMILES string of the molecule is COc1ccc(C(=O)c2ccccc2OP(O[C@@H]2C[C@H](C)CCC2C(C)C)O[C@@H]2C[C@H](C)CC[C@H]2C(C)C)c(OP(O[C@@H]2C[C@H](C)CC[C@H]2C(C)C)O[C@@H]2C[C@H](C)CC[C@H]2C(C)C)c1. The van der Waals surface area contributed by atoms with Crippen LogP contribution >= 0.6 is 17.2 Å². The molecule has 4 saturated carbocycles. The van der Waals surface area contributed by atoms with Gasteiger partial charge in [-0.05, 0) is 147 Å². The third kappa shape index (κ3) is 13.7. The van der Waals surface area contributed by atoms with E-state index in [1.807, 2.05) is 42.5 Å². The van der Waals surface area contributed by atoms with E-state index in [-0.39, 0.29) is 30.2 Å². The highest BCUT2D eigenvalue weighted by Crippen LogP contribution is 2.54. The van der Waals surface area contributed by atoms with E-state index in [1.54, 1.807) is 7.11 Å². The Balaban J connectivity index is 1.34. The van der Waals surface area contributed by atoms with Crippen molar-refractivity contribution in [1.29, 1.82) is 0 Å². The van der Waals surface area contributed by atoms with E-state index in [4.69, 9.17) is 31.9 Å². The zero-order valence-corrected chi connectivity index (χ0v) is 43.7. The van der Waals surface area contributed by atoms with Gasteiger partial charge in [0.05, 0.1) is 42.7 Å². The van der Waals surface area contributed by atoms with Gasteiger partial charge < -0.3 is 13.8 Å². The van der Waals surface area contributed by atoms with Crippen molar-refractivity contribution in [3.8, 4) is 17.2 Å². The van der Waals surface area contributed by atoms with Gasteiger partial charge in [-0.2, -0.15) is 0 Å². The van der Waals surface area contributed by atoms with Crippen molar-refractivity contribution in [3.05, 3.63) is 53.6 Å². The molecule has 10 heteroatoms. The first-order valence-corrected chi connectivity index (χ1v) is 27.6. The van der Waals surface area contributed by atoms with E-state index >= 15 is 4.79 Å². The second kappa shape index (κ2) is 24.0. The molecule has 2 aromatic rings. The largest absolute Gasteiger partial charge is 0.497 e. The minimum atomic E-state index is -1.90. The summed E-state index contributed by atoms with van der Waals surface area (Å²) in [6.45, 7) is 27.7. The summed E-state index contributed by atoms with van der Waals surface area (Å²) in [4.78, 5) is 15.2. The van der Waals surface area contributed by atoms with Crippen molar-refractivity contribution in [3.63, 3.8) is 0 Å². The maximum atomic E-state index is 15.2. The minimum absolute atomic E-state index is 0.00333. The lowest BCUT2D eigenvalue weighted by atomic mass is 9.75. The monoisotopic (exact) mass is 925 g/mol. The molecule has 0 bridgehead atoms. The molecule has 0 aromatic heterocycles. The van der Waals surface area contributed by atoms with E-state index in [1.165, 1.54) is 25.7 Å². The van der Waals surface area contributed by atoms with Crippen LogP contribution in [0.3, 0.4) is 0 Å². The summed E-state index contributed by atoms with van der Waals surface area (Å²) in [6, 6.07) is 13.0. The van der Waals surface area contributed by atoms with Gasteiger partial charge >= 0.3 is 17.2 Å². The first-order valence-electron chi connectivity index (χ1n) is 25.5. The topological polar surface area (TPSA) is 81.7 Å². The van der Waals surface area contributed by atoms with Crippen molar-refractivity contribution in [2.75, 3.05) is 7.11 Å². The molecular formula is C54H86O8P2. The van der Waals surface area contributed by atoms with Gasteiger partial charge in [0, 0.05) is 6.07 Å². The van der Waals surface area contributed by atoms with Crippen molar-refractivity contribution in [2.45, 2.75) is 185 Å². The standard InChI is InChI=1S/C54H86O8P2/c1-33(2)42-23-18-37(9)28-49(42)58-63(59-50-29-38(10)19-24-43(50)34(3)4)57-48-17-15-14-16-46(48)54(55)47-27-22-41(56-13)32-53(47)62-64(60-51-30-39(11)20-25-44(51)35(5)6)61-52-31-40(12)21-26-45(52)36(7)8/h14-17,22,27,32-40,42-45,49-52H,18-21,23-26,28-31H2,1-13H3/t37-,38-,39-,40-,42+,43?,44+,45+,49-,50-,51-,52-,63?/m1/s1. The normalized spacial score (nSPS) is 32.0. The van der Waals surface area contributed by atoms with Crippen LogP contribution in [0.25, 0.3) is 0 Å². The Hall–Kier alpha value is -1.79. The number of carbonyl (C=O) groups is 1. The molecule has 0 spiro atoms. The highest BCUT2D eigenvalue weighted by atomic mass is 31.2. The Morgan fingerprint density at radius 3 is 1.19 bits per heavy atom. The number of para-hydroxylation sites is 1. The van der Waals surface area contributed by atoms with Crippen LogP contribution in [-0.4, -0.2) is 37.3 Å². The number of ether oxygens (including phenoxy) is 1. The molecule has 0 amide bonds. The second-order valence-electron chi connectivity index (χ2n) is 22.2. The van der Waals surface area contributed by atoms with Gasteiger partial charge in [-0.1, -0.05) is 121 Å². The van der Waals surface area contributed by atoms with Crippen molar-refractivity contribution in [1.82, 2.24) is 0 Å². The Kier molecular flexibility index (Phi) is 19.3. The fraction of sp³-hybridized carbons (Fsp3) is 0.759. The average Bonchev–Trinajstić information content (AvgIpc) is 3.23. The van der Waals surface area contributed by atoms with Gasteiger partial charge in [0.25, 0.3) is 0 Å². The maximum Gasteiger partial charge on any atom is 0.397 e. The number of carbonyl (C=O) groups excluding carboxylic acids is 1. The van der Waals surface area contributed by atoms with E-state index in [0.29, 0.717) is 99.4 Å². The summed E-state index contributed by atoms with van der Waals surface area (Å²) in [5.41, 5.74) is 0.833. The van der Waals surface area contributed by atoms with Gasteiger partial charge in [0.1, 0.15) is 17.2 Å². The number of hydrogen-bond donors (Lipinski definition) is 0. The quantitative estimate of drug-likeness (QED) is 0.102. The minimum Gasteiger partial charge on any atom is -0.497 e. The lowest BCUT2D eigenvalue weighted by Crippen LogP contribution is -2.36. The van der Waals surface area contributed by atoms with E-state index in [0.717, 1.165) is 51.4 Å². The van der Waals surface area contributed by atoms with Crippen LogP contribution in [0.2, 0.25) is 0 Å². The molecule has 0 saturated heterocycles. The molecule has 0 radical (unpaired) electrons. The predicted octanol–water partition coefficient (Wildman–Crippen LogP) is 16.0. The summed E-state index contributed by atoms with van der Waals surface area (Å²) in [6.07, 6.45) is 13.2. The average molecular weight is 925 g/mol. The Morgan fingerprint density at radius 2 is 0.828 bits per heavy atom. The summed E-state index contributed by atoms with van der Waals surface area (Å²) in [7, 11) is -2.10. The first kappa shape index (κ1) is 51.6. The van der Waals surface area contributed by atoms with Crippen LogP contribution in [0.5, 0.6) is 17.2 Å². The molecule has 13 atom stereocenters. The van der Waals surface area contributed by atoms with Crippen molar-refractivity contribution < 1.29 is 36.7 Å². The molecule has 6 rings (SSSR count). The highest BCUT2D eigenvalue weighted by Gasteiger charge is 2.42. The Labute approximate surface area is 391 Å². The molecule has 8 nitrogen and oxygen atoms in total. The Morgan fingerprint density at radius 1 is 0.484 bits per heavy atom. The summed E-state index contributed by atoms with van der Waals surface area (Å²) in [5.74, 6) is 6.95. The van der Waals surface area contributed by atoms with E-state index in [2.05, 4.69) is 83.1 Å². The molecule has 4 aliphatic rings. The second-order valence-corrected chi connectivity index (χ2v) is 24.3. The van der Waals surface area contributed by atoms with Gasteiger partial charge in [-0.15, -0.1) is 0 Å². The predicted molar refractivity (Wildman–Crippen MR) is 263 cm³/mol. The van der Waals surface area contributed by atoms with Crippen LogP contribution in [0.1, 0.15) is 176 Å². The molecule has 4 aliphatic carbocycles. The molecule has 0 N–H and O–H groups in total. The van der Waals surface area contributed by atoms with Crippen LogP contribution in [0, 0.1) is 71.0 Å². The lowest BCUT2D eigenvalue weighted by molar-refractivity contribution is -0.00316. The fourth-order valence-corrected chi connectivity index (χ4v) is 14.2. The van der Waals surface area contributed by atoms with Gasteiger partial charge in [-0.25, -0.2) is 0 Å². The maximum absolute atomic E-state index is 15.2. The molecule has 2 unspecified atom stereocenters. The zero-order valence-electron chi connectivity index (χ0n) is 41.9. The van der Waals surface area contributed by atoms with Crippen LogP contribution in [-0.2, 0) is 18.1 Å². The molecule has 2 aromatic carbocycles. The third-order valence-corrected chi connectivity index (χ3v) is 18.1. The molecule has 4 fully saturated rings. The summed E-state index contributed by atoms with van der Waals surface area (Å²) < 4.78 is 48.2. The Bertz CT molecular complexity index is 1680. The van der Waals surface area contributed by atoms with Gasteiger partial charge in [0.2, 0.25) is 5.78 Å². The molecule has 360 valence electrons. The lowest BCUT2D eigenvalue weighted by Gasteiger charge is -2.41. The van der Waals surface area contributed by atoms with E-state index < -0.39 is 17.2 Å². The molecule has 0 aliphatic heterocycles. The van der Waals surface area contributed by atoms with Gasteiger partial charge in [0.15, 0.2) is 0 Å². The van der Waals surface area contributed by atoms with Crippen molar-refractivity contribution in [2.24, 2.45) is 71.0 Å². The summed E-state index contributed by atoms with van der Waals surface area (Å²) in [5, 5.41) is 0. The highest BCUT2D eigenvalue weighted by molar-refractivity contribution is 7.42. The van der Waals surface area contributed by atoms with Crippen molar-refractivity contribution >= 4 is 23.0 Å².